The fraction of sp³-hybridized carbons (Fsp3) is 0.800. The molecule has 1 aliphatic rings. The van der Waals surface area contributed by atoms with Gasteiger partial charge in [0, 0.05) is 13.0 Å². The van der Waals surface area contributed by atoms with Gasteiger partial charge in [0.15, 0.2) is 0 Å². The first-order chi connectivity index (χ1) is 4.69. The van der Waals surface area contributed by atoms with Crippen LogP contribution in [0.5, 0.6) is 0 Å². The summed E-state index contributed by atoms with van der Waals surface area (Å²) >= 11 is 0. The van der Waals surface area contributed by atoms with Crippen molar-refractivity contribution in [2.24, 2.45) is 5.84 Å². The quantitative estimate of drug-likeness (QED) is 0.281. The van der Waals surface area contributed by atoms with Crippen molar-refractivity contribution < 1.29 is 9.18 Å². The summed E-state index contributed by atoms with van der Waals surface area (Å²) < 4.78 is 13.2. The van der Waals surface area contributed by atoms with Crippen LogP contribution in [0.15, 0.2) is 0 Å². The number of halogens is 2. The molecule has 0 spiro atoms. The lowest BCUT2D eigenvalue weighted by atomic mass is 10.1. The minimum absolute atomic E-state index is 0. The van der Waals surface area contributed by atoms with E-state index in [0.29, 0.717) is 6.54 Å². The van der Waals surface area contributed by atoms with Crippen LogP contribution < -0.4 is 16.6 Å². The number of nitrogens with one attached hydrogen (secondary N) is 2. The molecule has 1 saturated heterocycles. The molecule has 0 radical (unpaired) electrons. The summed E-state index contributed by atoms with van der Waals surface area (Å²) in [5.74, 6) is 4.03. The molecule has 0 bridgehead atoms. The van der Waals surface area contributed by atoms with Crippen LogP contribution in [0.25, 0.3) is 0 Å². The predicted molar refractivity (Wildman–Crippen MR) is 40.9 cm³/mol. The zero-order valence-electron chi connectivity index (χ0n) is 5.89. The van der Waals surface area contributed by atoms with Gasteiger partial charge in [-0.15, -0.1) is 12.4 Å². The molecule has 1 fully saturated rings. The molecule has 1 unspecified atom stereocenters. The first kappa shape index (κ1) is 10.6. The highest BCUT2D eigenvalue weighted by Gasteiger charge is 2.40. The van der Waals surface area contributed by atoms with E-state index in [1.54, 1.807) is 5.43 Å². The second-order valence-corrected chi connectivity index (χ2v) is 2.37. The summed E-state index contributed by atoms with van der Waals surface area (Å²) in [7, 11) is 0. The van der Waals surface area contributed by atoms with Crippen LogP contribution in [-0.2, 0) is 4.79 Å². The third kappa shape index (κ3) is 2.02. The van der Waals surface area contributed by atoms with Gasteiger partial charge >= 0.3 is 0 Å². The van der Waals surface area contributed by atoms with Gasteiger partial charge in [-0.2, -0.15) is 0 Å². The summed E-state index contributed by atoms with van der Waals surface area (Å²) in [6.45, 7) is 0.597. The maximum absolute atomic E-state index is 13.2. The highest BCUT2D eigenvalue weighted by atomic mass is 35.5. The van der Waals surface area contributed by atoms with E-state index in [-0.39, 0.29) is 25.4 Å². The van der Waals surface area contributed by atoms with E-state index >= 15 is 0 Å². The maximum Gasteiger partial charge on any atom is 0.272 e. The van der Waals surface area contributed by atoms with Crippen LogP contribution in [0.3, 0.4) is 0 Å². The van der Waals surface area contributed by atoms with E-state index in [0.717, 1.165) is 0 Å². The van der Waals surface area contributed by atoms with Crippen LogP contribution in [-0.4, -0.2) is 24.7 Å². The van der Waals surface area contributed by atoms with Crippen molar-refractivity contribution in [1.82, 2.24) is 10.7 Å². The minimum Gasteiger partial charge on any atom is -0.313 e. The number of rotatable bonds is 1. The number of amides is 1. The van der Waals surface area contributed by atoms with Gasteiger partial charge in [0.2, 0.25) is 5.67 Å². The SMILES string of the molecule is Cl.NNC(=O)C1(F)CCNC1. The molecule has 0 aromatic rings. The lowest BCUT2D eigenvalue weighted by molar-refractivity contribution is -0.131. The Morgan fingerprint density at radius 3 is 2.73 bits per heavy atom. The second kappa shape index (κ2) is 3.85. The van der Waals surface area contributed by atoms with Gasteiger partial charge in [0.05, 0.1) is 0 Å². The highest BCUT2D eigenvalue weighted by Crippen LogP contribution is 2.18. The zero-order chi connectivity index (χ0) is 7.61. The summed E-state index contributed by atoms with van der Waals surface area (Å²) in [5.41, 5.74) is 0.0105. The number of hydrogen-bond acceptors (Lipinski definition) is 3. The van der Waals surface area contributed by atoms with Crippen molar-refractivity contribution in [3.05, 3.63) is 0 Å². The molecule has 1 aliphatic heterocycles. The molecule has 1 rings (SSSR count). The van der Waals surface area contributed by atoms with E-state index in [1.165, 1.54) is 0 Å². The van der Waals surface area contributed by atoms with Crippen LogP contribution >= 0.6 is 12.4 Å². The third-order valence-corrected chi connectivity index (χ3v) is 1.64. The number of alkyl halides is 1. The van der Waals surface area contributed by atoms with E-state index < -0.39 is 11.6 Å². The van der Waals surface area contributed by atoms with Crippen molar-refractivity contribution in [2.75, 3.05) is 13.1 Å². The molecular weight excluding hydrogens is 173 g/mol. The Morgan fingerprint density at radius 1 is 1.73 bits per heavy atom. The molecule has 1 amide bonds. The van der Waals surface area contributed by atoms with Gasteiger partial charge in [-0.05, 0) is 6.54 Å². The Kier molecular flexibility index (Phi) is 3.71. The molecule has 0 saturated carbocycles. The summed E-state index contributed by atoms with van der Waals surface area (Å²) in [6, 6.07) is 0. The van der Waals surface area contributed by atoms with E-state index in [2.05, 4.69) is 5.32 Å². The van der Waals surface area contributed by atoms with Crippen LogP contribution in [0, 0.1) is 0 Å². The first-order valence-corrected chi connectivity index (χ1v) is 3.10. The lowest BCUT2D eigenvalue weighted by Crippen LogP contribution is -2.47. The van der Waals surface area contributed by atoms with Crippen LogP contribution in [0.1, 0.15) is 6.42 Å². The molecule has 4 N–H and O–H groups in total. The zero-order valence-corrected chi connectivity index (χ0v) is 6.71. The van der Waals surface area contributed by atoms with Gasteiger partial charge in [0.1, 0.15) is 0 Å². The Bertz CT molecular complexity index is 149. The molecule has 1 atom stereocenters. The smallest absolute Gasteiger partial charge is 0.272 e. The first-order valence-electron chi connectivity index (χ1n) is 3.10. The molecule has 4 nitrogen and oxygen atoms in total. The predicted octanol–water partition coefficient (Wildman–Crippen LogP) is -0.900. The number of carbonyl (C=O) groups is 1. The van der Waals surface area contributed by atoms with Crippen molar-refractivity contribution in [3.8, 4) is 0 Å². The molecular formula is C5H11ClFN3O. The monoisotopic (exact) mass is 183 g/mol. The molecule has 0 aromatic carbocycles. The summed E-state index contributed by atoms with van der Waals surface area (Å²) in [5, 5.41) is 2.74. The average Bonchev–Trinajstić information content (AvgIpc) is 2.36. The molecule has 66 valence electrons. The van der Waals surface area contributed by atoms with Crippen molar-refractivity contribution in [3.63, 3.8) is 0 Å². The van der Waals surface area contributed by atoms with Gasteiger partial charge < -0.3 is 5.32 Å². The van der Waals surface area contributed by atoms with E-state index in [4.69, 9.17) is 5.84 Å². The normalized spacial score (nSPS) is 29.3. The van der Waals surface area contributed by atoms with E-state index in [1.807, 2.05) is 0 Å². The topological polar surface area (TPSA) is 67.1 Å². The maximum atomic E-state index is 13.2. The van der Waals surface area contributed by atoms with Crippen LogP contribution in [0.2, 0.25) is 0 Å². The third-order valence-electron chi connectivity index (χ3n) is 1.64. The Balaban J connectivity index is 0.000001000. The van der Waals surface area contributed by atoms with Gasteiger partial charge in [0.25, 0.3) is 5.91 Å². The molecule has 1 heterocycles. The summed E-state index contributed by atoms with van der Waals surface area (Å²) in [4.78, 5) is 10.7. The van der Waals surface area contributed by atoms with Crippen molar-refractivity contribution in [1.29, 1.82) is 0 Å². The Morgan fingerprint density at radius 2 is 2.36 bits per heavy atom. The van der Waals surface area contributed by atoms with Gasteiger partial charge in [-0.3, -0.25) is 10.2 Å². The number of carbonyl (C=O) groups excluding carboxylic acids is 1. The standard InChI is InChI=1S/C5H10FN3O.ClH/c6-5(4(10)9-7)1-2-8-3-5;/h8H,1-3,7H2,(H,9,10);1H. The van der Waals surface area contributed by atoms with Gasteiger partial charge in [-0.1, -0.05) is 0 Å². The van der Waals surface area contributed by atoms with Gasteiger partial charge in [-0.25, -0.2) is 10.2 Å². The minimum atomic E-state index is -1.78. The lowest BCUT2D eigenvalue weighted by Gasteiger charge is -2.14. The fourth-order valence-electron chi connectivity index (χ4n) is 0.985. The van der Waals surface area contributed by atoms with Crippen LogP contribution in [0.4, 0.5) is 4.39 Å². The van der Waals surface area contributed by atoms with E-state index in [9.17, 15) is 9.18 Å². The Labute approximate surface area is 70.1 Å². The Hall–Kier alpha value is -0.390. The number of nitrogens with two attached hydrogens (primary N) is 1. The molecule has 6 heteroatoms. The molecule has 11 heavy (non-hydrogen) atoms. The number of hydrazine groups is 1. The largest absolute Gasteiger partial charge is 0.313 e. The fourth-order valence-corrected chi connectivity index (χ4v) is 0.985. The van der Waals surface area contributed by atoms with Crippen molar-refractivity contribution in [2.45, 2.75) is 12.1 Å². The van der Waals surface area contributed by atoms with Crippen molar-refractivity contribution >= 4 is 18.3 Å². The molecule has 0 aliphatic carbocycles. The highest BCUT2D eigenvalue weighted by molar-refractivity contribution is 5.85. The molecule has 0 aromatic heterocycles. The summed E-state index contributed by atoms with van der Waals surface area (Å²) in [6.07, 6.45) is 0.204. The second-order valence-electron chi connectivity index (χ2n) is 2.37. The number of hydrogen-bond donors (Lipinski definition) is 3. The average molecular weight is 184 g/mol.